The predicted molar refractivity (Wildman–Crippen MR) is 127 cm³/mol. The van der Waals surface area contributed by atoms with Crippen molar-refractivity contribution in [1.82, 2.24) is 29.3 Å². The molecule has 2 fully saturated rings. The van der Waals surface area contributed by atoms with E-state index in [1.165, 1.54) is 0 Å². The van der Waals surface area contributed by atoms with Crippen LogP contribution in [0.15, 0.2) is 6.33 Å². The lowest BCUT2D eigenvalue weighted by Crippen LogP contribution is -2.44. The number of piperidine rings is 1. The number of likely N-dealkylation sites (tertiary alicyclic amines) is 2. The molecule has 2 aliphatic heterocycles. The second-order valence-corrected chi connectivity index (χ2v) is 9.95. The van der Waals surface area contributed by atoms with E-state index >= 15 is 0 Å². The minimum atomic E-state index is -0.545. The Labute approximate surface area is 199 Å². The highest BCUT2D eigenvalue weighted by molar-refractivity contribution is 5.83. The van der Waals surface area contributed by atoms with Crippen LogP contribution in [0.25, 0.3) is 11.2 Å². The van der Waals surface area contributed by atoms with Gasteiger partial charge in [0.05, 0.1) is 12.9 Å². The molecule has 2 aliphatic rings. The lowest BCUT2D eigenvalue weighted by molar-refractivity contribution is 0.0235. The van der Waals surface area contributed by atoms with Crippen molar-refractivity contribution < 1.29 is 19.1 Å². The molecule has 0 bridgehead atoms. The summed E-state index contributed by atoms with van der Waals surface area (Å²) in [5.41, 5.74) is 1.05. The van der Waals surface area contributed by atoms with Gasteiger partial charge in [0.1, 0.15) is 23.0 Å². The third-order valence-corrected chi connectivity index (χ3v) is 6.07. The standard InChI is InChI=1S/C23H35N7O4/c1-6-28-14-24-18-19(25-15(2)26-20(18)28)27-16-7-10-29(11-8-16)21(31)33-17-9-12-30(13-17)22(32)34-23(3,4)5/h14,16-17H,6-13H2,1-5H3,(H,25,26,27)/t17-/m0/s1. The number of ether oxygens (including phenoxy) is 2. The molecule has 34 heavy (non-hydrogen) atoms. The number of imidazole rings is 1. The Kier molecular flexibility index (Phi) is 6.81. The van der Waals surface area contributed by atoms with Crippen molar-refractivity contribution in [2.24, 2.45) is 0 Å². The Bertz CT molecular complexity index is 1040. The highest BCUT2D eigenvalue weighted by atomic mass is 16.6. The van der Waals surface area contributed by atoms with Crippen molar-refractivity contribution in [3.05, 3.63) is 12.2 Å². The van der Waals surface area contributed by atoms with Gasteiger partial charge in [0.25, 0.3) is 0 Å². The first-order valence-corrected chi connectivity index (χ1v) is 12.0. The van der Waals surface area contributed by atoms with Crippen LogP contribution in [0.1, 0.15) is 52.8 Å². The topological polar surface area (TPSA) is 115 Å². The Morgan fingerprint density at radius 3 is 2.47 bits per heavy atom. The average Bonchev–Trinajstić information content (AvgIpc) is 3.40. The van der Waals surface area contributed by atoms with Gasteiger partial charge in [-0.25, -0.2) is 24.5 Å². The van der Waals surface area contributed by atoms with Gasteiger partial charge in [0, 0.05) is 38.6 Å². The van der Waals surface area contributed by atoms with Gasteiger partial charge in [-0.3, -0.25) is 0 Å². The Morgan fingerprint density at radius 1 is 1.09 bits per heavy atom. The average molecular weight is 474 g/mol. The summed E-state index contributed by atoms with van der Waals surface area (Å²) in [4.78, 5) is 41.8. The molecule has 186 valence electrons. The van der Waals surface area contributed by atoms with E-state index < -0.39 is 5.60 Å². The molecule has 11 nitrogen and oxygen atoms in total. The summed E-state index contributed by atoms with van der Waals surface area (Å²) in [7, 11) is 0. The zero-order valence-electron chi connectivity index (χ0n) is 20.7. The number of carbonyl (C=O) groups excluding carboxylic acids is 2. The summed E-state index contributed by atoms with van der Waals surface area (Å²) in [5, 5.41) is 3.51. The van der Waals surface area contributed by atoms with Crippen molar-refractivity contribution in [2.45, 2.75) is 78.2 Å². The van der Waals surface area contributed by atoms with Crippen LogP contribution >= 0.6 is 0 Å². The van der Waals surface area contributed by atoms with Crippen LogP contribution in [0.5, 0.6) is 0 Å². The first-order chi connectivity index (χ1) is 16.1. The predicted octanol–water partition coefficient (Wildman–Crippen LogP) is 3.18. The SMILES string of the molecule is CCn1cnc2c(NC3CCN(C(=O)O[C@H]4CCN(C(=O)OC(C)(C)C)C4)CC3)nc(C)nc21. The molecule has 0 unspecified atom stereocenters. The fraction of sp³-hybridized carbons (Fsp3) is 0.696. The Balaban J connectivity index is 1.27. The summed E-state index contributed by atoms with van der Waals surface area (Å²) < 4.78 is 13.1. The smallest absolute Gasteiger partial charge is 0.410 e. The van der Waals surface area contributed by atoms with Gasteiger partial charge in [0.15, 0.2) is 11.5 Å². The van der Waals surface area contributed by atoms with Gasteiger partial charge in [-0.05, 0) is 47.5 Å². The van der Waals surface area contributed by atoms with Gasteiger partial charge >= 0.3 is 12.2 Å². The minimum Gasteiger partial charge on any atom is -0.444 e. The molecule has 0 spiro atoms. The maximum atomic E-state index is 12.7. The molecule has 2 aromatic rings. The number of hydrogen-bond donors (Lipinski definition) is 1. The molecule has 2 amide bonds. The van der Waals surface area contributed by atoms with E-state index in [1.807, 2.05) is 32.3 Å². The zero-order valence-corrected chi connectivity index (χ0v) is 20.7. The third-order valence-electron chi connectivity index (χ3n) is 6.07. The second kappa shape index (κ2) is 9.63. The van der Waals surface area contributed by atoms with E-state index in [4.69, 9.17) is 9.47 Å². The van der Waals surface area contributed by atoms with Crippen molar-refractivity contribution in [1.29, 1.82) is 0 Å². The quantitative estimate of drug-likeness (QED) is 0.720. The van der Waals surface area contributed by atoms with Crippen molar-refractivity contribution in [3.8, 4) is 0 Å². The van der Waals surface area contributed by atoms with E-state index in [9.17, 15) is 9.59 Å². The van der Waals surface area contributed by atoms with Crippen LogP contribution in [-0.4, -0.2) is 85.4 Å². The number of nitrogens with one attached hydrogen (secondary N) is 1. The molecule has 0 aliphatic carbocycles. The zero-order chi connectivity index (χ0) is 24.5. The van der Waals surface area contributed by atoms with Crippen LogP contribution in [0.3, 0.4) is 0 Å². The molecule has 2 aromatic heterocycles. The van der Waals surface area contributed by atoms with Crippen molar-refractivity contribution >= 4 is 29.2 Å². The Hall–Kier alpha value is -3.11. The van der Waals surface area contributed by atoms with Gasteiger partial charge in [-0.1, -0.05) is 0 Å². The summed E-state index contributed by atoms with van der Waals surface area (Å²) in [6.45, 7) is 12.3. The fourth-order valence-corrected chi connectivity index (χ4v) is 4.32. The molecule has 11 heteroatoms. The third kappa shape index (κ3) is 5.51. The molecule has 0 saturated carbocycles. The number of aryl methyl sites for hydroxylation is 2. The van der Waals surface area contributed by atoms with Crippen molar-refractivity contribution in [3.63, 3.8) is 0 Å². The van der Waals surface area contributed by atoms with Crippen LogP contribution in [-0.2, 0) is 16.0 Å². The number of aromatic nitrogens is 4. The molecular formula is C23H35N7O4. The van der Waals surface area contributed by atoms with Gasteiger partial charge in [-0.15, -0.1) is 0 Å². The maximum Gasteiger partial charge on any atom is 0.410 e. The van der Waals surface area contributed by atoms with Gasteiger partial charge in [0.2, 0.25) is 0 Å². The summed E-state index contributed by atoms with van der Waals surface area (Å²) in [5.74, 6) is 1.44. The van der Waals surface area contributed by atoms with E-state index in [0.717, 1.165) is 36.4 Å². The first kappa shape index (κ1) is 24.0. The highest BCUT2D eigenvalue weighted by Gasteiger charge is 2.33. The molecule has 1 N–H and O–H groups in total. The first-order valence-electron chi connectivity index (χ1n) is 12.0. The fourth-order valence-electron chi connectivity index (χ4n) is 4.32. The van der Waals surface area contributed by atoms with E-state index in [2.05, 4.69) is 27.2 Å². The lowest BCUT2D eigenvalue weighted by Gasteiger charge is -2.32. The molecule has 4 heterocycles. The summed E-state index contributed by atoms with van der Waals surface area (Å²) in [6, 6.07) is 0.183. The largest absolute Gasteiger partial charge is 0.444 e. The molecule has 1 atom stereocenters. The molecular weight excluding hydrogens is 438 g/mol. The van der Waals surface area contributed by atoms with Crippen LogP contribution in [0, 0.1) is 6.92 Å². The van der Waals surface area contributed by atoms with Crippen LogP contribution in [0.4, 0.5) is 15.4 Å². The number of amides is 2. The highest BCUT2D eigenvalue weighted by Crippen LogP contribution is 2.23. The molecule has 4 rings (SSSR count). The number of anilines is 1. The van der Waals surface area contributed by atoms with E-state index in [1.54, 1.807) is 16.1 Å². The normalized spacial score (nSPS) is 19.5. The number of nitrogens with zero attached hydrogens (tertiary/aromatic N) is 6. The Morgan fingerprint density at radius 2 is 1.79 bits per heavy atom. The molecule has 0 aromatic carbocycles. The maximum absolute atomic E-state index is 12.7. The van der Waals surface area contributed by atoms with Crippen molar-refractivity contribution in [2.75, 3.05) is 31.5 Å². The number of hydrogen-bond acceptors (Lipinski definition) is 8. The minimum absolute atomic E-state index is 0.183. The lowest BCUT2D eigenvalue weighted by atomic mass is 10.1. The molecule has 2 saturated heterocycles. The summed E-state index contributed by atoms with van der Waals surface area (Å²) >= 11 is 0. The number of carbonyl (C=O) groups is 2. The second-order valence-electron chi connectivity index (χ2n) is 9.95. The van der Waals surface area contributed by atoms with Gasteiger partial charge in [-0.2, -0.15) is 0 Å². The van der Waals surface area contributed by atoms with Gasteiger partial charge < -0.3 is 29.2 Å². The molecule has 0 radical (unpaired) electrons. The van der Waals surface area contributed by atoms with E-state index in [-0.39, 0.29) is 24.3 Å². The van der Waals surface area contributed by atoms with E-state index in [0.29, 0.717) is 38.4 Å². The van der Waals surface area contributed by atoms with Crippen LogP contribution in [0.2, 0.25) is 0 Å². The number of rotatable bonds is 4. The van der Waals surface area contributed by atoms with Crippen LogP contribution < -0.4 is 5.32 Å². The monoisotopic (exact) mass is 473 g/mol. The summed E-state index contributed by atoms with van der Waals surface area (Å²) in [6.07, 6.45) is 2.98. The number of fused-ring (bicyclic) bond motifs is 1.